The largest absolute Gasteiger partial charge is 0.287 e. The zero-order valence-corrected chi connectivity index (χ0v) is 15.7. The molecule has 0 saturated carbocycles. The molecule has 0 heterocycles. The smallest absolute Gasteiger partial charge is 0.209 e. The fourth-order valence-corrected chi connectivity index (χ4v) is 4.35. The average molecular weight is 580 g/mol. The fourth-order valence-electron chi connectivity index (χ4n) is 0.681. The molecule has 0 spiro atoms. The summed E-state index contributed by atoms with van der Waals surface area (Å²) in [5.74, 6) is 0. The van der Waals surface area contributed by atoms with Gasteiger partial charge in [-0.3, -0.25) is 4.79 Å². The van der Waals surface area contributed by atoms with E-state index >= 15 is 0 Å². The van der Waals surface area contributed by atoms with Crippen LogP contribution >= 0.6 is 95.6 Å². The average Bonchev–Trinajstić information content (AvgIpc) is 2.23. The van der Waals surface area contributed by atoms with Crippen molar-refractivity contribution in [3.63, 3.8) is 0 Å². The summed E-state index contributed by atoms with van der Waals surface area (Å²) in [6.07, 6.45) is 0. The first-order valence-corrected chi connectivity index (χ1v) is 7.85. The Morgan fingerprint density at radius 3 is 1.00 bits per heavy atom. The predicted octanol–water partition coefficient (Wildman–Crippen LogP) is 5.62. The topological polar surface area (TPSA) is 17.1 Å². The highest BCUT2D eigenvalue weighted by atomic mass is 79.9. The quantitative estimate of drug-likeness (QED) is 0.390. The van der Waals surface area contributed by atoms with Gasteiger partial charge in [0.2, 0.25) is 5.43 Å². The Hall–Kier alpha value is 1.77. The normalized spacial score (nSPS) is 10.4. The maximum Gasteiger partial charge on any atom is 0.209 e. The number of hydrogen-bond donors (Lipinski definition) is 0. The standard InChI is InChI=1S/C7Br6O/c8-1-2(9)4(11)6(13)7(14)5(12)3(1)10. The molecule has 0 radical (unpaired) electrons. The van der Waals surface area contributed by atoms with Gasteiger partial charge in [-0.25, -0.2) is 0 Å². The third-order valence-corrected chi connectivity index (χ3v) is 8.71. The van der Waals surface area contributed by atoms with Crippen molar-refractivity contribution in [3.05, 3.63) is 37.1 Å². The van der Waals surface area contributed by atoms with Gasteiger partial charge < -0.3 is 0 Å². The lowest BCUT2D eigenvalue weighted by Crippen LogP contribution is -1.99. The van der Waals surface area contributed by atoms with Crippen LogP contribution in [0.4, 0.5) is 0 Å². The van der Waals surface area contributed by atoms with Crippen LogP contribution in [0.3, 0.4) is 0 Å². The summed E-state index contributed by atoms with van der Waals surface area (Å²) in [6, 6.07) is 0. The summed E-state index contributed by atoms with van der Waals surface area (Å²) in [7, 11) is 0. The van der Waals surface area contributed by atoms with Crippen LogP contribution in [-0.2, 0) is 0 Å². The molecule has 0 atom stereocenters. The minimum Gasteiger partial charge on any atom is -0.287 e. The van der Waals surface area contributed by atoms with E-state index in [1.54, 1.807) is 0 Å². The summed E-state index contributed by atoms with van der Waals surface area (Å²) in [6.45, 7) is 0. The Balaban J connectivity index is 3.96. The molecule has 0 aliphatic rings. The van der Waals surface area contributed by atoms with Gasteiger partial charge in [-0.05, 0) is 95.6 Å². The van der Waals surface area contributed by atoms with Crippen LogP contribution in [-0.4, -0.2) is 0 Å². The number of halogens is 6. The van der Waals surface area contributed by atoms with Crippen molar-refractivity contribution in [2.75, 3.05) is 0 Å². The lowest BCUT2D eigenvalue weighted by atomic mass is 10.5. The molecule has 1 aromatic rings. The molecule has 1 nitrogen and oxygen atoms in total. The van der Waals surface area contributed by atoms with E-state index in [1.807, 2.05) is 0 Å². The molecule has 0 N–H and O–H groups in total. The van der Waals surface area contributed by atoms with Crippen molar-refractivity contribution in [1.29, 1.82) is 0 Å². The van der Waals surface area contributed by atoms with Gasteiger partial charge in [0.05, 0.1) is 17.9 Å². The molecule has 14 heavy (non-hydrogen) atoms. The Morgan fingerprint density at radius 1 is 0.500 bits per heavy atom. The molecule has 0 unspecified atom stereocenters. The number of hydrogen-bond acceptors (Lipinski definition) is 1. The van der Waals surface area contributed by atoms with E-state index in [-0.39, 0.29) is 5.43 Å². The van der Waals surface area contributed by atoms with E-state index in [9.17, 15) is 4.79 Å². The Bertz CT molecular complexity index is 415. The van der Waals surface area contributed by atoms with Crippen LogP contribution in [0.1, 0.15) is 0 Å². The van der Waals surface area contributed by atoms with Crippen LogP contribution in [0.5, 0.6) is 0 Å². The monoisotopic (exact) mass is 574 g/mol. The van der Waals surface area contributed by atoms with Crippen LogP contribution in [0.2, 0.25) is 0 Å². The maximum absolute atomic E-state index is 11.7. The minimum atomic E-state index is -0.129. The minimum absolute atomic E-state index is 0.129. The molecule has 0 aliphatic heterocycles. The predicted molar refractivity (Wildman–Crippen MR) is 78.9 cm³/mol. The second-order valence-electron chi connectivity index (χ2n) is 2.21. The van der Waals surface area contributed by atoms with E-state index in [4.69, 9.17) is 0 Å². The third kappa shape index (κ3) is 2.53. The molecule has 0 fully saturated rings. The van der Waals surface area contributed by atoms with E-state index in [2.05, 4.69) is 95.6 Å². The summed E-state index contributed by atoms with van der Waals surface area (Å²) < 4.78 is 3.78. The summed E-state index contributed by atoms with van der Waals surface area (Å²) in [5.41, 5.74) is -0.129. The molecule has 1 rings (SSSR count). The molecule has 0 aromatic heterocycles. The van der Waals surface area contributed by atoms with Crippen molar-refractivity contribution in [1.82, 2.24) is 0 Å². The molecular formula is C7Br6O. The molecule has 76 valence electrons. The summed E-state index contributed by atoms with van der Waals surface area (Å²) in [5, 5.41) is 0. The van der Waals surface area contributed by atoms with Gasteiger partial charge in [-0.2, -0.15) is 0 Å². The SMILES string of the molecule is O=c1c(Br)c(Br)c(Br)c(Br)c(Br)c1Br. The van der Waals surface area contributed by atoms with Gasteiger partial charge in [-0.15, -0.1) is 0 Å². The molecule has 0 amide bonds. The van der Waals surface area contributed by atoms with Gasteiger partial charge in [-0.1, -0.05) is 0 Å². The first kappa shape index (κ1) is 13.8. The molecule has 0 bridgehead atoms. The highest BCUT2D eigenvalue weighted by Crippen LogP contribution is 2.39. The van der Waals surface area contributed by atoms with Crippen LogP contribution in [0, 0.1) is 0 Å². The Morgan fingerprint density at radius 2 is 0.714 bits per heavy atom. The fraction of sp³-hybridized carbons (Fsp3) is 0. The van der Waals surface area contributed by atoms with Crippen molar-refractivity contribution in [2.24, 2.45) is 0 Å². The molecule has 7 heteroatoms. The van der Waals surface area contributed by atoms with Crippen LogP contribution in [0.15, 0.2) is 31.6 Å². The first-order valence-electron chi connectivity index (χ1n) is 3.09. The maximum atomic E-state index is 11.7. The second-order valence-corrected chi connectivity index (χ2v) is 6.97. The van der Waals surface area contributed by atoms with Gasteiger partial charge >= 0.3 is 0 Å². The molecule has 0 saturated heterocycles. The van der Waals surface area contributed by atoms with Crippen molar-refractivity contribution in [2.45, 2.75) is 0 Å². The zero-order valence-electron chi connectivity index (χ0n) is 6.18. The van der Waals surface area contributed by atoms with Crippen molar-refractivity contribution in [3.8, 4) is 0 Å². The first-order chi connectivity index (χ1) is 6.37. The summed E-state index contributed by atoms with van der Waals surface area (Å²) >= 11 is 19.8. The van der Waals surface area contributed by atoms with Gasteiger partial charge in [0.25, 0.3) is 0 Å². The van der Waals surface area contributed by atoms with Crippen molar-refractivity contribution < 1.29 is 0 Å². The highest BCUT2D eigenvalue weighted by Gasteiger charge is 2.15. The second kappa shape index (κ2) is 5.40. The third-order valence-electron chi connectivity index (χ3n) is 1.36. The zero-order chi connectivity index (χ0) is 11.0. The van der Waals surface area contributed by atoms with E-state index < -0.39 is 0 Å². The molecule has 0 aliphatic carbocycles. The molecular weight excluding hydrogens is 580 g/mol. The van der Waals surface area contributed by atoms with Gasteiger partial charge in [0, 0.05) is 8.95 Å². The Kier molecular flexibility index (Phi) is 5.34. The number of rotatable bonds is 0. The van der Waals surface area contributed by atoms with E-state index in [1.165, 1.54) is 0 Å². The van der Waals surface area contributed by atoms with E-state index in [0.717, 1.165) is 8.95 Å². The highest BCUT2D eigenvalue weighted by molar-refractivity contribution is 9.16. The summed E-state index contributed by atoms with van der Waals surface area (Å²) in [4.78, 5) is 11.7. The van der Waals surface area contributed by atoms with E-state index in [0.29, 0.717) is 17.9 Å². The van der Waals surface area contributed by atoms with Gasteiger partial charge in [0.1, 0.15) is 0 Å². The van der Waals surface area contributed by atoms with Crippen molar-refractivity contribution >= 4 is 95.6 Å². The Labute approximate surface area is 131 Å². The lowest BCUT2D eigenvalue weighted by molar-refractivity contribution is 1.51. The van der Waals surface area contributed by atoms with Crippen LogP contribution in [0.25, 0.3) is 0 Å². The van der Waals surface area contributed by atoms with Gasteiger partial charge in [0.15, 0.2) is 0 Å². The van der Waals surface area contributed by atoms with Crippen LogP contribution < -0.4 is 5.43 Å². The lowest BCUT2D eigenvalue weighted by Gasteiger charge is -1.94. The molecule has 1 aromatic carbocycles.